The van der Waals surface area contributed by atoms with E-state index in [1.54, 1.807) is 18.2 Å². The van der Waals surface area contributed by atoms with Crippen molar-refractivity contribution in [2.75, 3.05) is 13.7 Å². The molecule has 1 amide bonds. The van der Waals surface area contributed by atoms with Gasteiger partial charge in [-0.1, -0.05) is 12.1 Å². The molecular formula is C11H12ClNO3. The zero-order valence-electron chi connectivity index (χ0n) is 8.83. The number of carbonyl (C=O) groups is 2. The van der Waals surface area contributed by atoms with Gasteiger partial charge in [-0.15, -0.1) is 11.6 Å². The van der Waals surface area contributed by atoms with Crippen LogP contribution in [0.4, 0.5) is 0 Å². The highest BCUT2D eigenvalue weighted by Crippen LogP contribution is 2.07. The minimum Gasteiger partial charge on any atom is -0.468 e. The van der Waals surface area contributed by atoms with Gasteiger partial charge in [-0.2, -0.15) is 0 Å². The van der Waals surface area contributed by atoms with Crippen LogP contribution in [0.3, 0.4) is 0 Å². The normalized spacial score (nSPS) is 9.62. The summed E-state index contributed by atoms with van der Waals surface area (Å²) < 4.78 is 4.41. The molecule has 0 radical (unpaired) electrons. The van der Waals surface area contributed by atoms with E-state index >= 15 is 0 Å². The lowest BCUT2D eigenvalue weighted by molar-refractivity contribution is -0.139. The van der Waals surface area contributed by atoms with Crippen molar-refractivity contribution in [2.45, 2.75) is 5.88 Å². The van der Waals surface area contributed by atoms with Crippen molar-refractivity contribution >= 4 is 23.5 Å². The Morgan fingerprint density at radius 1 is 1.44 bits per heavy atom. The smallest absolute Gasteiger partial charge is 0.325 e. The van der Waals surface area contributed by atoms with Crippen LogP contribution in [-0.4, -0.2) is 25.5 Å². The highest BCUT2D eigenvalue weighted by atomic mass is 35.5. The number of halogens is 1. The van der Waals surface area contributed by atoms with Gasteiger partial charge >= 0.3 is 5.97 Å². The fraction of sp³-hybridized carbons (Fsp3) is 0.273. The van der Waals surface area contributed by atoms with Crippen LogP contribution in [0.2, 0.25) is 0 Å². The highest BCUT2D eigenvalue weighted by molar-refractivity contribution is 6.17. The minimum atomic E-state index is -0.484. The summed E-state index contributed by atoms with van der Waals surface area (Å²) >= 11 is 5.65. The van der Waals surface area contributed by atoms with Gasteiger partial charge in [-0.25, -0.2) is 0 Å². The molecule has 0 saturated carbocycles. The summed E-state index contributed by atoms with van der Waals surface area (Å²) in [5.41, 5.74) is 1.33. The van der Waals surface area contributed by atoms with E-state index in [2.05, 4.69) is 10.1 Å². The molecule has 0 bridgehead atoms. The summed E-state index contributed by atoms with van der Waals surface area (Å²) in [6, 6.07) is 6.90. The standard InChI is InChI=1S/C11H12ClNO3/c1-16-10(14)7-13-11(15)9-4-2-3-8(5-9)6-12/h2-5H,6-7H2,1H3,(H,13,15). The number of hydrogen-bond acceptors (Lipinski definition) is 3. The van der Waals surface area contributed by atoms with Gasteiger partial charge in [0.15, 0.2) is 0 Å². The molecule has 86 valence electrons. The molecule has 0 aromatic heterocycles. The van der Waals surface area contributed by atoms with Crippen LogP contribution in [-0.2, 0) is 15.4 Å². The fourth-order valence-electron chi connectivity index (χ4n) is 1.12. The van der Waals surface area contributed by atoms with Gasteiger partial charge in [0.1, 0.15) is 6.54 Å². The van der Waals surface area contributed by atoms with Gasteiger partial charge < -0.3 is 10.1 Å². The van der Waals surface area contributed by atoms with Gasteiger partial charge in [0.2, 0.25) is 0 Å². The van der Waals surface area contributed by atoms with E-state index in [1.165, 1.54) is 7.11 Å². The van der Waals surface area contributed by atoms with Gasteiger partial charge in [0, 0.05) is 11.4 Å². The predicted molar refractivity (Wildman–Crippen MR) is 60.3 cm³/mol. The minimum absolute atomic E-state index is 0.138. The first-order valence-corrected chi connectivity index (χ1v) is 5.20. The third-order valence-corrected chi connectivity index (χ3v) is 2.27. The first-order chi connectivity index (χ1) is 7.67. The number of hydrogen-bond donors (Lipinski definition) is 1. The molecule has 1 aromatic rings. The summed E-state index contributed by atoms with van der Waals surface area (Å²) in [6.45, 7) is -0.138. The lowest BCUT2D eigenvalue weighted by atomic mass is 10.1. The second-order valence-electron chi connectivity index (χ2n) is 3.09. The Morgan fingerprint density at radius 2 is 2.19 bits per heavy atom. The lowest BCUT2D eigenvalue weighted by Gasteiger charge is -2.04. The summed E-state index contributed by atoms with van der Waals surface area (Å²) in [5.74, 6) is -0.461. The van der Waals surface area contributed by atoms with Gasteiger partial charge in [0.05, 0.1) is 7.11 Å². The average Bonchev–Trinajstić information content (AvgIpc) is 2.35. The van der Waals surface area contributed by atoms with Crippen LogP contribution >= 0.6 is 11.6 Å². The molecule has 0 spiro atoms. The van der Waals surface area contributed by atoms with Crippen molar-refractivity contribution in [1.29, 1.82) is 0 Å². The molecule has 4 nitrogen and oxygen atoms in total. The van der Waals surface area contributed by atoms with Crippen LogP contribution in [0.1, 0.15) is 15.9 Å². The number of amides is 1. The van der Waals surface area contributed by atoms with E-state index < -0.39 is 5.97 Å². The highest BCUT2D eigenvalue weighted by Gasteiger charge is 2.07. The fourth-order valence-corrected chi connectivity index (χ4v) is 1.29. The van der Waals surface area contributed by atoms with Gasteiger partial charge in [-0.3, -0.25) is 9.59 Å². The maximum Gasteiger partial charge on any atom is 0.325 e. The number of carbonyl (C=O) groups excluding carboxylic acids is 2. The van der Waals surface area contributed by atoms with Crippen molar-refractivity contribution in [3.05, 3.63) is 35.4 Å². The van der Waals surface area contributed by atoms with E-state index in [0.29, 0.717) is 11.4 Å². The molecule has 0 unspecified atom stereocenters. The van der Waals surface area contributed by atoms with Crippen molar-refractivity contribution in [3.63, 3.8) is 0 Å². The monoisotopic (exact) mass is 241 g/mol. The molecule has 1 aromatic carbocycles. The van der Waals surface area contributed by atoms with Gasteiger partial charge in [0.25, 0.3) is 5.91 Å². The Morgan fingerprint density at radius 3 is 2.81 bits per heavy atom. The third-order valence-electron chi connectivity index (χ3n) is 1.96. The number of rotatable bonds is 4. The maximum absolute atomic E-state index is 11.6. The molecule has 1 N–H and O–H groups in total. The Hall–Kier alpha value is -1.55. The molecule has 0 saturated heterocycles. The van der Waals surface area contributed by atoms with Crippen molar-refractivity contribution in [3.8, 4) is 0 Å². The van der Waals surface area contributed by atoms with E-state index in [9.17, 15) is 9.59 Å². The van der Waals surface area contributed by atoms with Crippen LogP contribution in [0, 0.1) is 0 Å². The largest absolute Gasteiger partial charge is 0.468 e. The predicted octanol–water partition coefficient (Wildman–Crippen LogP) is 1.33. The zero-order valence-corrected chi connectivity index (χ0v) is 9.58. The van der Waals surface area contributed by atoms with Crippen LogP contribution in [0.5, 0.6) is 0 Å². The van der Waals surface area contributed by atoms with Crippen LogP contribution in [0.15, 0.2) is 24.3 Å². The molecule has 0 fully saturated rings. The summed E-state index contributed by atoms with van der Waals surface area (Å²) in [7, 11) is 1.27. The molecule has 0 atom stereocenters. The Labute approximate surface area is 98.5 Å². The van der Waals surface area contributed by atoms with Crippen LogP contribution in [0.25, 0.3) is 0 Å². The average molecular weight is 242 g/mol. The second-order valence-corrected chi connectivity index (χ2v) is 3.36. The number of nitrogens with one attached hydrogen (secondary N) is 1. The first-order valence-electron chi connectivity index (χ1n) is 4.67. The number of methoxy groups -OCH3 is 1. The molecule has 5 heteroatoms. The molecule has 0 aliphatic rings. The second kappa shape index (κ2) is 6.12. The molecule has 0 heterocycles. The number of alkyl halides is 1. The maximum atomic E-state index is 11.6. The van der Waals surface area contributed by atoms with E-state index in [0.717, 1.165) is 5.56 Å². The number of esters is 1. The van der Waals surface area contributed by atoms with Gasteiger partial charge in [-0.05, 0) is 17.7 Å². The molecule has 0 aliphatic carbocycles. The number of benzene rings is 1. The summed E-state index contributed by atoms with van der Waals surface area (Å²) in [4.78, 5) is 22.4. The van der Waals surface area contributed by atoms with E-state index in [-0.39, 0.29) is 12.5 Å². The third kappa shape index (κ3) is 3.55. The molecule has 1 rings (SSSR count). The SMILES string of the molecule is COC(=O)CNC(=O)c1cccc(CCl)c1. The zero-order chi connectivity index (χ0) is 12.0. The molecule has 0 aliphatic heterocycles. The Kier molecular flexibility index (Phi) is 4.79. The Bertz CT molecular complexity index is 393. The van der Waals surface area contributed by atoms with Crippen molar-refractivity contribution in [2.24, 2.45) is 0 Å². The van der Waals surface area contributed by atoms with Crippen LogP contribution < -0.4 is 5.32 Å². The van der Waals surface area contributed by atoms with E-state index in [4.69, 9.17) is 11.6 Å². The number of ether oxygens (including phenoxy) is 1. The molecular weight excluding hydrogens is 230 g/mol. The molecule has 16 heavy (non-hydrogen) atoms. The lowest BCUT2D eigenvalue weighted by Crippen LogP contribution is -2.30. The first kappa shape index (κ1) is 12.5. The summed E-state index contributed by atoms with van der Waals surface area (Å²) in [5, 5.41) is 2.44. The van der Waals surface area contributed by atoms with E-state index in [1.807, 2.05) is 6.07 Å². The van der Waals surface area contributed by atoms with Crippen molar-refractivity contribution in [1.82, 2.24) is 5.32 Å². The quantitative estimate of drug-likeness (QED) is 0.639. The summed E-state index contributed by atoms with van der Waals surface area (Å²) in [6.07, 6.45) is 0. The topological polar surface area (TPSA) is 55.4 Å². The Balaban J connectivity index is 2.62. The van der Waals surface area contributed by atoms with Crippen molar-refractivity contribution < 1.29 is 14.3 Å².